The first-order valence-electron chi connectivity index (χ1n) is 6.60. The quantitative estimate of drug-likeness (QED) is 0.771. The lowest BCUT2D eigenvalue weighted by Gasteiger charge is -2.04. The van der Waals surface area contributed by atoms with E-state index in [-0.39, 0.29) is 0 Å². The van der Waals surface area contributed by atoms with Gasteiger partial charge in [0.1, 0.15) is 5.69 Å². The van der Waals surface area contributed by atoms with Crippen LogP contribution in [0, 0.1) is 0 Å². The van der Waals surface area contributed by atoms with E-state index in [4.69, 9.17) is 5.73 Å². The smallest absolute Gasteiger partial charge is 0.116 e. The first-order valence-corrected chi connectivity index (χ1v) is 6.60. The Hall–Kier alpha value is -2.29. The van der Waals surface area contributed by atoms with E-state index in [9.17, 15) is 0 Å². The SMILES string of the molecule is CCCn1cc(N)c(-c2cccc3ccccc23)n1. The van der Waals surface area contributed by atoms with Gasteiger partial charge in [0.25, 0.3) is 0 Å². The van der Waals surface area contributed by atoms with Gasteiger partial charge in [-0.25, -0.2) is 0 Å². The highest BCUT2D eigenvalue weighted by Crippen LogP contribution is 2.31. The molecule has 0 unspecified atom stereocenters. The molecular formula is C16H17N3. The number of fused-ring (bicyclic) bond motifs is 1. The maximum Gasteiger partial charge on any atom is 0.116 e. The van der Waals surface area contributed by atoms with Gasteiger partial charge in [-0.1, -0.05) is 49.4 Å². The predicted molar refractivity (Wildman–Crippen MR) is 79.9 cm³/mol. The number of aryl methyl sites for hydroxylation is 1. The van der Waals surface area contributed by atoms with Crippen molar-refractivity contribution in [2.45, 2.75) is 19.9 Å². The van der Waals surface area contributed by atoms with Crippen LogP contribution in [0.4, 0.5) is 5.69 Å². The lowest BCUT2D eigenvalue weighted by atomic mass is 10.0. The van der Waals surface area contributed by atoms with Crippen molar-refractivity contribution in [1.82, 2.24) is 9.78 Å². The number of rotatable bonds is 3. The van der Waals surface area contributed by atoms with Crippen molar-refractivity contribution in [3.05, 3.63) is 48.7 Å². The van der Waals surface area contributed by atoms with Crippen molar-refractivity contribution >= 4 is 16.5 Å². The lowest BCUT2D eigenvalue weighted by Crippen LogP contribution is -1.96. The van der Waals surface area contributed by atoms with Gasteiger partial charge in [0, 0.05) is 18.3 Å². The molecule has 0 spiro atoms. The fraction of sp³-hybridized carbons (Fsp3) is 0.188. The van der Waals surface area contributed by atoms with Crippen LogP contribution in [0.1, 0.15) is 13.3 Å². The highest BCUT2D eigenvalue weighted by molar-refractivity contribution is 5.97. The third-order valence-corrected chi connectivity index (χ3v) is 3.29. The number of aromatic nitrogens is 2. The van der Waals surface area contributed by atoms with Gasteiger partial charge in [-0.05, 0) is 17.2 Å². The molecule has 2 N–H and O–H groups in total. The topological polar surface area (TPSA) is 43.8 Å². The Bertz CT molecular complexity index is 708. The summed E-state index contributed by atoms with van der Waals surface area (Å²) in [5.74, 6) is 0. The third-order valence-electron chi connectivity index (χ3n) is 3.29. The van der Waals surface area contributed by atoms with E-state index in [1.807, 2.05) is 23.0 Å². The molecule has 0 saturated heterocycles. The maximum absolute atomic E-state index is 6.11. The molecule has 19 heavy (non-hydrogen) atoms. The van der Waals surface area contributed by atoms with Crippen molar-refractivity contribution in [1.29, 1.82) is 0 Å². The zero-order valence-electron chi connectivity index (χ0n) is 11.0. The second-order valence-corrected chi connectivity index (χ2v) is 4.72. The molecule has 0 aliphatic rings. The van der Waals surface area contributed by atoms with E-state index in [0.29, 0.717) is 0 Å². The predicted octanol–water partition coefficient (Wildman–Crippen LogP) is 3.70. The molecule has 0 bridgehead atoms. The summed E-state index contributed by atoms with van der Waals surface area (Å²) in [6.45, 7) is 3.03. The molecule has 0 radical (unpaired) electrons. The Kier molecular flexibility index (Phi) is 2.95. The molecule has 3 nitrogen and oxygen atoms in total. The van der Waals surface area contributed by atoms with E-state index in [0.717, 1.165) is 29.9 Å². The summed E-state index contributed by atoms with van der Waals surface area (Å²) in [6.07, 6.45) is 2.97. The van der Waals surface area contributed by atoms with Gasteiger partial charge in [-0.2, -0.15) is 5.10 Å². The fourth-order valence-corrected chi connectivity index (χ4v) is 2.42. The van der Waals surface area contributed by atoms with Gasteiger partial charge in [0.05, 0.1) is 5.69 Å². The molecule has 1 aromatic heterocycles. The second-order valence-electron chi connectivity index (χ2n) is 4.72. The summed E-state index contributed by atoms with van der Waals surface area (Å²) in [4.78, 5) is 0. The molecule has 3 rings (SSSR count). The van der Waals surface area contributed by atoms with Crippen LogP contribution in [0.3, 0.4) is 0 Å². The number of hydrogen-bond acceptors (Lipinski definition) is 2. The minimum Gasteiger partial charge on any atom is -0.396 e. The molecule has 0 saturated carbocycles. The van der Waals surface area contributed by atoms with Gasteiger partial charge in [-0.3, -0.25) is 4.68 Å². The van der Waals surface area contributed by atoms with Gasteiger partial charge in [0.2, 0.25) is 0 Å². The number of benzene rings is 2. The maximum atomic E-state index is 6.11. The average Bonchev–Trinajstić information content (AvgIpc) is 2.79. The first kappa shape index (κ1) is 11.8. The largest absolute Gasteiger partial charge is 0.396 e. The number of nitrogens with two attached hydrogens (primary N) is 1. The zero-order valence-corrected chi connectivity index (χ0v) is 11.0. The van der Waals surface area contributed by atoms with E-state index in [2.05, 4.69) is 42.4 Å². The van der Waals surface area contributed by atoms with Gasteiger partial charge in [0.15, 0.2) is 0 Å². The number of nitrogen functional groups attached to an aromatic ring is 1. The minimum atomic E-state index is 0.741. The van der Waals surface area contributed by atoms with Crippen LogP contribution < -0.4 is 5.73 Å². The van der Waals surface area contributed by atoms with Crippen LogP contribution in [0.2, 0.25) is 0 Å². The van der Waals surface area contributed by atoms with Crippen LogP contribution >= 0.6 is 0 Å². The first-order chi connectivity index (χ1) is 9.29. The zero-order chi connectivity index (χ0) is 13.2. The van der Waals surface area contributed by atoms with Crippen molar-refractivity contribution in [3.63, 3.8) is 0 Å². The summed E-state index contributed by atoms with van der Waals surface area (Å²) in [6, 6.07) is 14.6. The third kappa shape index (κ3) is 2.08. The molecule has 0 fully saturated rings. The summed E-state index contributed by atoms with van der Waals surface area (Å²) in [7, 11) is 0. The molecule has 0 aliphatic heterocycles. The van der Waals surface area contributed by atoms with Gasteiger partial charge in [-0.15, -0.1) is 0 Å². The highest BCUT2D eigenvalue weighted by atomic mass is 15.3. The van der Waals surface area contributed by atoms with Crippen molar-refractivity contribution in [2.24, 2.45) is 0 Å². The van der Waals surface area contributed by atoms with E-state index in [1.165, 1.54) is 10.8 Å². The Balaban J connectivity index is 2.19. The Morgan fingerprint density at radius 1 is 1.11 bits per heavy atom. The molecule has 3 aromatic rings. The molecule has 0 atom stereocenters. The second kappa shape index (κ2) is 4.76. The summed E-state index contributed by atoms with van der Waals surface area (Å²) in [5, 5.41) is 7.02. The number of nitrogens with zero attached hydrogens (tertiary/aromatic N) is 2. The van der Waals surface area contributed by atoms with Crippen molar-refractivity contribution in [2.75, 3.05) is 5.73 Å². The van der Waals surface area contributed by atoms with Crippen LogP contribution in [0.25, 0.3) is 22.0 Å². The van der Waals surface area contributed by atoms with Crippen LogP contribution in [-0.2, 0) is 6.54 Å². The highest BCUT2D eigenvalue weighted by Gasteiger charge is 2.11. The normalized spacial score (nSPS) is 11.0. The van der Waals surface area contributed by atoms with Gasteiger partial charge >= 0.3 is 0 Å². The van der Waals surface area contributed by atoms with E-state index < -0.39 is 0 Å². The molecule has 2 aromatic carbocycles. The molecule has 0 amide bonds. The fourth-order valence-electron chi connectivity index (χ4n) is 2.42. The van der Waals surface area contributed by atoms with Crippen molar-refractivity contribution in [3.8, 4) is 11.3 Å². The summed E-state index contributed by atoms with van der Waals surface area (Å²) in [5.41, 5.74) is 8.83. The number of anilines is 1. The lowest BCUT2D eigenvalue weighted by molar-refractivity contribution is 0.605. The Morgan fingerprint density at radius 3 is 2.74 bits per heavy atom. The molecule has 1 heterocycles. The number of hydrogen-bond donors (Lipinski definition) is 1. The van der Waals surface area contributed by atoms with Crippen molar-refractivity contribution < 1.29 is 0 Å². The van der Waals surface area contributed by atoms with Crippen LogP contribution in [-0.4, -0.2) is 9.78 Å². The van der Waals surface area contributed by atoms with Gasteiger partial charge < -0.3 is 5.73 Å². The van der Waals surface area contributed by atoms with E-state index in [1.54, 1.807) is 0 Å². The summed E-state index contributed by atoms with van der Waals surface area (Å²) >= 11 is 0. The molecule has 0 aliphatic carbocycles. The van der Waals surface area contributed by atoms with E-state index >= 15 is 0 Å². The average molecular weight is 251 g/mol. The minimum absolute atomic E-state index is 0.741. The summed E-state index contributed by atoms with van der Waals surface area (Å²) < 4.78 is 1.92. The monoisotopic (exact) mass is 251 g/mol. The molecule has 96 valence electrons. The molecule has 3 heteroatoms. The Morgan fingerprint density at radius 2 is 1.89 bits per heavy atom. The van der Waals surface area contributed by atoms with Crippen LogP contribution in [0.5, 0.6) is 0 Å². The van der Waals surface area contributed by atoms with Crippen LogP contribution in [0.15, 0.2) is 48.7 Å². The standard InChI is InChI=1S/C16H17N3/c1-2-10-19-11-15(17)16(18-19)14-9-5-7-12-6-3-4-8-13(12)14/h3-9,11H,2,10,17H2,1H3. The Labute approximate surface area is 112 Å². The molecular weight excluding hydrogens is 234 g/mol.